The van der Waals surface area contributed by atoms with Crippen molar-refractivity contribution in [3.63, 3.8) is 0 Å². The van der Waals surface area contributed by atoms with Gasteiger partial charge in [0, 0.05) is 17.6 Å². The van der Waals surface area contributed by atoms with Gasteiger partial charge < -0.3 is 20.1 Å². The maximum Gasteiger partial charge on any atom is 0.251 e. The second-order valence-corrected chi connectivity index (χ2v) is 7.85. The first-order chi connectivity index (χ1) is 11.7. The van der Waals surface area contributed by atoms with Crippen LogP contribution in [0.1, 0.15) is 30.1 Å². The van der Waals surface area contributed by atoms with Crippen LogP contribution in [0.4, 0.5) is 5.69 Å². The topological polar surface area (TPSA) is 106 Å². The van der Waals surface area contributed by atoms with Crippen molar-refractivity contribution in [2.75, 3.05) is 31.7 Å². The molecule has 2 atom stereocenters. The van der Waals surface area contributed by atoms with Crippen molar-refractivity contribution in [3.8, 4) is 11.5 Å². The number of amides is 1. The molecule has 2 rings (SSSR count). The summed E-state index contributed by atoms with van der Waals surface area (Å²) in [6, 6.07) is 3.16. The lowest BCUT2D eigenvalue weighted by Gasteiger charge is -2.30. The van der Waals surface area contributed by atoms with Gasteiger partial charge in [-0.3, -0.25) is 9.52 Å². The molecule has 26 heavy (non-hydrogen) atoms. The number of halogens is 1. The van der Waals surface area contributed by atoms with E-state index in [0.717, 1.165) is 25.6 Å². The zero-order valence-corrected chi connectivity index (χ0v) is 16.9. The van der Waals surface area contributed by atoms with Crippen LogP contribution in [0.25, 0.3) is 0 Å². The van der Waals surface area contributed by atoms with Crippen LogP contribution < -0.4 is 24.8 Å². The van der Waals surface area contributed by atoms with Gasteiger partial charge in [-0.25, -0.2) is 8.42 Å². The Balaban J connectivity index is 0.00000338. The zero-order valence-electron chi connectivity index (χ0n) is 15.3. The lowest BCUT2D eigenvalue weighted by atomic mass is 9.99. The first-order valence-electron chi connectivity index (χ1n) is 8.03. The summed E-state index contributed by atoms with van der Waals surface area (Å²) in [5.41, 5.74) is 0.450. The largest absolute Gasteiger partial charge is 0.493 e. The van der Waals surface area contributed by atoms with Gasteiger partial charge in [-0.2, -0.15) is 0 Å². The van der Waals surface area contributed by atoms with Crippen LogP contribution >= 0.6 is 12.4 Å². The standard InChI is InChI=1S/C16H25N3O5S.ClH/c1-10-12(6-5-7-17-10)18-16(20)11-8-13(19-25(4,21)22)15(24-3)14(9-11)23-2;/h8-10,12,17,19H,5-7H2,1-4H3,(H,18,20);1H. The monoisotopic (exact) mass is 407 g/mol. The molecular weight excluding hydrogens is 382 g/mol. The number of sulfonamides is 1. The fourth-order valence-electron chi connectivity index (χ4n) is 2.86. The van der Waals surface area contributed by atoms with Crippen LogP contribution in [0.3, 0.4) is 0 Å². The van der Waals surface area contributed by atoms with E-state index in [1.165, 1.54) is 26.4 Å². The van der Waals surface area contributed by atoms with Crippen LogP contribution in [-0.2, 0) is 10.0 Å². The van der Waals surface area contributed by atoms with Crippen molar-refractivity contribution < 1.29 is 22.7 Å². The fourth-order valence-corrected chi connectivity index (χ4v) is 3.41. The predicted octanol–water partition coefficient (Wildman–Crippen LogP) is 1.37. The number of carbonyl (C=O) groups excluding carboxylic acids is 1. The number of piperidine rings is 1. The molecule has 1 heterocycles. The number of methoxy groups -OCH3 is 2. The number of hydrogen-bond donors (Lipinski definition) is 3. The number of ether oxygens (including phenoxy) is 2. The van der Waals surface area contributed by atoms with Crippen molar-refractivity contribution in [2.24, 2.45) is 0 Å². The first-order valence-corrected chi connectivity index (χ1v) is 9.92. The minimum absolute atomic E-state index is 0. The van der Waals surface area contributed by atoms with E-state index >= 15 is 0 Å². The lowest BCUT2D eigenvalue weighted by Crippen LogP contribution is -2.51. The first kappa shape index (κ1) is 22.3. The van der Waals surface area contributed by atoms with Gasteiger partial charge in [-0.15, -0.1) is 12.4 Å². The van der Waals surface area contributed by atoms with E-state index in [-0.39, 0.29) is 47.6 Å². The molecule has 0 spiro atoms. The van der Waals surface area contributed by atoms with Gasteiger partial charge in [0.2, 0.25) is 10.0 Å². The van der Waals surface area contributed by atoms with E-state index in [1.807, 2.05) is 6.92 Å². The molecule has 148 valence electrons. The van der Waals surface area contributed by atoms with Gasteiger partial charge in [-0.1, -0.05) is 0 Å². The lowest BCUT2D eigenvalue weighted by molar-refractivity contribution is 0.0919. The Labute approximate surface area is 160 Å². The summed E-state index contributed by atoms with van der Waals surface area (Å²) in [5.74, 6) is 0.200. The van der Waals surface area contributed by atoms with E-state index in [4.69, 9.17) is 9.47 Å². The number of anilines is 1. The summed E-state index contributed by atoms with van der Waals surface area (Å²) >= 11 is 0. The Morgan fingerprint density at radius 3 is 2.50 bits per heavy atom. The molecule has 3 N–H and O–H groups in total. The summed E-state index contributed by atoms with van der Waals surface area (Å²) in [5, 5.41) is 6.31. The van der Waals surface area contributed by atoms with Crippen molar-refractivity contribution in [3.05, 3.63) is 17.7 Å². The number of benzene rings is 1. The van der Waals surface area contributed by atoms with E-state index in [1.54, 1.807) is 0 Å². The van der Waals surface area contributed by atoms with Crippen LogP contribution in [0, 0.1) is 0 Å². The van der Waals surface area contributed by atoms with Gasteiger partial charge in [0.05, 0.1) is 26.2 Å². The number of rotatable bonds is 6. The molecule has 1 aromatic rings. The molecule has 8 nitrogen and oxygen atoms in total. The highest BCUT2D eigenvalue weighted by Gasteiger charge is 2.24. The molecule has 1 aromatic carbocycles. The van der Waals surface area contributed by atoms with Crippen LogP contribution in [-0.4, -0.2) is 53.4 Å². The molecule has 0 aliphatic carbocycles. The summed E-state index contributed by atoms with van der Waals surface area (Å²) in [6.07, 6.45) is 2.91. The van der Waals surface area contributed by atoms with Gasteiger partial charge in [0.25, 0.3) is 5.91 Å². The van der Waals surface area contributed by atoms with Gasteiger partial charge >= 0.3 is 0 Å². The molecule has 1 fully saturated rings. The van der Waals surface area contributed by atoms with Gasteiger partial charge in [0.15, 0.2) is 11.5 Å². The highest BCUT2D eigenvalue weighted by molar-refractivity contribution is 7.92. The average molecular weight is 408 g/mol. The maximum atomic E-state index is 12.6. The van der Waals surface area contributed by atoms with Crippen molar-refractivity contribution in [2.45, 2.75) is 31.8 Å². The van der Waals surface area contributed by atoms with Gasteiger partial charge in [0.1, 0.15) is 0 Å². The normalized spacial score (nSPS) is 19.8. The number of nitrogens with one attached hydrogen (secondary N) is 3. The van der Waals surface area contributed by atoms with Crippen LogP contribution in [0.5, 0.6) is 11.5 Å². The summed E-state index contributed by atoms with van der Waals surface area (Å²) in [4.78, 5) is 12.6. The highest BCUT2D eigenvalue weighted by atomic mass is 35.5. The van der Waals surface area contributed by atoms with Crippen molar-refractivity contribution >= 4 is 34.0 Å². The summed E-state index contributed by atoms with van der Waals surface area (Å²) < 4.78 is 36.0. The van der Waals surface area contributed by atoms with E-state index in [9.17, 15) is 13.2 Å². The van der Waals surface area contributed by atoms with Crippen LogP contribution in [0.15, 0.2) is 12.1 Å². The fraction of sp³-hybridized carbons (Fsp3) is 0.562. The Hall–Kier alpha value is -1.71. The molecule has 0 aromatic heterocycles. The smallest absolute Gasteiger partial charge is 0.251 e. The molecule has 1 aliphatic rings. The highest BCUT2D eigenvalue weighted by Crippen LogP contribution is 2.37. The molecule has 1 amide bonds. The Bertz CT molecular complexity index is 742. The molecule has 10 heteroatoms. The molecule has 0 saturated carbocycles. The molecule has 2 unspecified atom stereocenters. The maximum absolute atomic E-state index is 12.6. The van der Waals surface area contributed by atoms with E-state index < -0.39 is 10.0 Å². The Morgan fingerprint density at radius 2 is 1.96 bits per heavy atom. The third kappa shape index (κ3) is 5.65. The summed E-state index contributed by atoms with van der Waals surface area (Å²) in [6.45, 7) is 2.96. The molecule has 1 saturated heterocycles. The average Bonchev–Trinajstić information content (AvgIpc) is 2.54. The van der Waals surface area contributed by atoms with Crippen LogP contribution in [0.2, 0.25) is 0 Å². The minimum atomic E-state index is -3.54. The molecule has 0 bridgehead atoms. The van der Waals surface area contributed by atoms with Crippen molar-refractivity contribution in [1.29, 1.82) is 0 Å². The van der Waals surface area contributed by atoms with E-state index in [0.29, 0.717) is 5.56 Å². The third-order valence-corrected chi connectivity index (χ3v) is 4.71. The third-order valence-electron chi connectivity index (χ3n) is 4.11. The SMILES string of the molecule is COc1cc(C(=O)NC2CCCNC2C)cc(NS(C)(=O)=O)c1OC.Cl. The predicted molar refractivity (Wildman–Crippen MR) is 103 cm³/mol. The van der Waals surface area contributed by atoms with E-state index in [2.05, 4.69) is 15.4 Å². The zero-order chi connectivity index (χ0) is 18.6. The Morgan fingerprint density at radius 1 is 1.27 bits per heavy atom. The minimum Gasteiger partial charge on any atom is -0.493 e. The molecule has 0 radical (unpaired) electrons. The second-order valence-electron chi connectivity index (χ2n) is 6.10. The van der Waals surface area contributed by atoms with Gasteiger partial charge in [-0.05, 0) is 38.4 Å². The number of hydrogen-bond acceptors (Lipinski definition) is 6. The number of carbonyl (C=O) groups is 1. The second kappa shape index (κ2) is 9.29. The molecular formula is C16H26ClN3O5S. The van der Waals surface area contributed by atoms with Crippen molar-refractivity contribution in [1.82, 2.24) is 10.6 Å². The quantitative estimate of drug-likeness (QED) is 0.657. The Kier molecular flexibility index (Phi) is 7.98. The summed E-state index contributed by atoms with van der Waals surface area (Å²) in [7, 11) is -0.710. The molecule has 1 aliphatic heterocycles.